The van der Waals surface area contributed by atoms with E-state index in [0.717, 1.165) is 6.42 Å². The average molecular weight is 250 g/mol. The molecule has 0 aromatic carbocycles. The summed E-state index contributed by atoms with van der Waals surface area (Å²) in [5.41, 5.74) is 0. The molecule has 10 heavy (non-hydrogen) atoms. The van der Waals surface area contributed by atoms with Gasteiger partial charge in [-0.05, 0) is 0 Å². The minimum Gasteiger partial charge on any atom is -0.275 e. The Bertz CT molecular complexity index is 93.8. The summed E-state index contributed by atoms with van der Waals surface area (Å²) in [4.78, 5) is 0. The van der Waals surface area contributed by atoms with Crippen LogP contribution >= 0.6 is 12.4 Å². The maximum absolute atomic E-state index is 3.18. The summed E-state index contributed by atoms with van der Waals surface area (Å²) < 4.78 is 0. The van der Waals surface area contributed by atoms with Crippen LogP contribution in [0.4, 0.5) is 0 Å². The standard InChI is InChI=1S/C8H11.ClH.Pd/c1-2-4-6-8-7-5-3-1;;/h1-3H,4,6-8H2;1H;/q-1;;. The molecule has 0 atom stereocenters. The third-order valence-corrected chi connectivity index (χ3v) is 1.29. The normalized spacial score (nSPS) is 16.0. The Morgan fingerprint density at radius 1 is 1.20 bits per heavy atom. The van der Waals surface area contributed by atoms with Gasteiger partial charge < -0.3 is 0 Å². The second-order valence-electron chi connectivity index (χ2n) is 2.04. The number of hydrogen-bond acceptors (Lipinski definition) is 0. The second kappa shape index (κ2) is 9.43. The Labute approximate surface area is 82.8 Å². The van der Waals surface area contributed by atoms with Crippen LogP contribution in [0.2, 0.25) is 0 Å². The van der Waals surface area contributed by atoms with Crippen molar-refractivity contribution >= 4 is 12.4 Å². The zero-order valence-electron chi connectivity index (χ0n) is 5.78. The molecule has 1 aliphatic carbocycles. The van der Waals surface area contributed by atoms with Crippen LogP contribution in [-0.2, 0) is 20.4 Å². The molecule has 0 fully saturated rings. The van der Waals surface area contributed by atoms with Crippen LogP contribution in [0.5, 0.6) is 0 Å². The number of rotatable bonds is 0. The van der Waals surface area contributed by atoms with E-state index in [1.807, 2.05) is 6.08 Å². The van der Waals surface area contributed by atoms with Crippen LogP contribution in [0, 0.1) is 6.08 Å². The number of allylic oxidation sites excluding steroid dienone is 4. The average Bonchev–Trinajstić information content (AvgIpc) is 1.62. The van der Waals surface area contributed by atoms with E-state index in [0.29, 0.717) is 0 Å². The largest absolute Gasteiger partial charge is 0.275 e. The maximum atomic E-state index is 3.18. The topological polar surface area (TPSA) is 0 Å². The van der Waals surface area contributed by atoms with E-state index in [2.05, 4.69) is 18.2 Å². The van der Waals surface area contributed by atoms with Gasteiger partial charge in [0.25, 0.3) is 0 Å². The van der Waals surface area contributed by atoms with Crippen LogP contribution in [0.3, 0.4) is 0 Å². The summed E-state index contributed by atoms with van der Waals surface area (Å²) in [6.07, 6.45) is 14.5. The first-order valence-electron chi connectivity index (χ1n) is 3.22. The van der Waals surface area contributed by atoms with E-state index in [9.17, 15) is 0 Å². The fourth-order valence-corrected chi connectivity index (χ4v) is 0.805. The van der Waals surface area contributed by atoms with E-state index in [1.54, 1.807) is 0 Å². The van der Waals surface area contributed by atoms with E-state index in [1.165, 1.54) is 19.3 Å². The molecule has 0 spiro atoms. The minimum atomic E-state index is 0. The molecular formula is C8H12ClPd-. The monoisotopic (exact) mass is 249 g/mol. The third-order valence-electron chi connectivity index (χ3n) is 1.29. The van der Waals surface area contributed by atoms with Crippen molar-refractivity contribution in [3.8, 4) is 0 Å². The minimum absolute atomic E-state index is 0. The van der Waals surface area contributed by atoms with Crippen molar-refractivity contribution in [1.29, 1.82) is 0 Å². The van der Waals surface area contributed by atoms with Crippen molar-refractivity contribution in [2.75, 3.05) is 0 Å². The molecule has 0 saturated carbocycles. The van der Waals surface area contributed by atoms with E-state index < -0.39 is 0 Å². The zero-order valence-corrected chi connectivity index (χ0v) is 8.16. The molecule has 0 aromatic rings. The first-order valence-corrected chi connectivity index (χ1v) is 3.22. The van der Waals surface area contributed by atoms with Crippen molar-refractivity contribution in [2.45, 2.75) is 25.7 Å². The molecule has 2 heteroatoms. The molecule has 0 nitrogen and oxygen atoms in total. The summed E-state index contributed by atoms with van der Waals surface area (Å²) in [5, 5.41) is 0. The summed E-state index contributed by atoms with van der Waals surface area (Å²) in [6.45, 7) is 0. The van der Waals surface area contributed by atoms with Gasteiger partial charge in [-0.15, -0.1) is 18.8 Å². The van der Waals surface area contributed by atoms with Gasteiger partial charge in [-0.25, -0.2) is 12.2 Å². The van der Waals surface area contributed by atoms with Gasteiger partial charge in [0.15, 0.2) is 0 Å². The smallest absolute Gasteiger partial charge is 0 e. The van der Waals surface area contributed by atoms with E-state index in [-0.39, 0.29) is 32.8 Å². The van der Waals surface area contributed by atoms with Crippen LogP contribution in [0.25, 0.3) is 0 Å². The molecule has 0 aliphatic heterocycles. The van der Waals surface area contributed by atoms with Crippen molar-refractivity contribution in [1.82, 2.24) is 0 Å². The van der Waals surface area contributed by atoms with Crippen molar-refractivity contribution in [3.05, 3.63) is 24.3 Å². The van der Waals surface area contributed by atoms with Gasteiger partial charge >= 0.3 is 0 Å². The van der Waals surface area contributed by atoms with Crippen molar-refractivity contribution in [3.63, 3.8) is 0 Å². The predicted molar refractivity (Wildman–Crippen MR) is 42.7 cm³/mol. The Morgan fingerprint density at radius 3 is 2.80 bits per heavy atom. The summed E-state index contributed by atoms with van der Waals surface area (Å²) in [6, 6.07) is 0. The van der Waals surface area contributed by atoms with Crippen LogP contribution in [-0.4, -0.2) is 0 Å². The summed E-state index contributed by atoms with van der Waals surface area (Å²) in [5.74, 6) is 0. The second-order valence-corrected chi connectivity index (χ2v) is 2.04. The Hall–Kier alpha value is 0.432. The first kappa shape index (κ1) is 13.1. The first-order chi connectivity index (χ1) is 4.00. The Kier molecular flexibility index (Phi) is 12.3. The molecule has 0 unspecified atom stereocenters. The third kappa shape index (κ3) is 6.55. The fraction of sp³-hybridized carbons (Fsp3) is 0.500. The fourth-order valence-electron chi connectivity index (χ4n) is 0.805. The summed E-state index contributed by atoms with van der Waals surface area (Å²) in [7, 11) is 0. The van der Waals surface area contributed by atoms with Gasteiger partial charge in [0.1, 0.15) is 0 Å². The predicted octanol–water partition coefficient (Wildman–Crippen LogP) is 2.90. The van der Waals surface area contributed by atoms with Gasteiger partial charge in [0.05, 0.1) is 0 Å². The molecule has 0 aromatic heterocycles. The molecule has 0 heterocycles. The summed E-state index contributed by atoms with van der Waals surface area (Å²) >= 11 is 0. The molecule has 0 N–H and O–H groups in total. The van der Waals surface area contributed by atoms with Crippen molar-refractivity contribution in [2.24, 2.45) is 0 Å². The van der Waals surface area contributed by atoms with E-state index in [4.69, 9.17) is 0 Å². The molecule has 0 bridgehead atoms. The molecule has 1 aliphatic rings. The molecule has 62 valence electrons. The van der Waals surface area contributed by atoms with Crippen LogP contribution < -0.4 is 0 Å². The van der Waals surface area contributed by atoms with E-state index >= 15 is 0 Å². The maximum Gasteiger partial charge on any atom is 0 e. The number of halogens is 1. The molecule has 1 rings (SSSR count). The van der Waals surface area contributed by atoms with Gasteiger partial charge in [-0.3, -0.25) is 6.08 Å². The van der Waals surface area contributed by atoms with Crippen LogP contribution in [0.1, 0.15) is 25.7 Å². The molecule has 0 amide bonds. The SMILES string of the molecule is Cl.[C-]1=CC=CCCCC1.[Pd]. The van der Waals surface area contributed by atoms with Gasteiger partial charge in [-0.2, -0.15) is 6.08 Å². The molecule has 0 saturated heterocycles. The molecule has 0 radical (unpaired) electrons. The van der Waals surface area contributed by atoms with Crippen molar-refractivity contribution < 1.29 is 20.4 Å². The van der Waals surface area contributed by atoms with Gasteiger partial charge in [0, 0.05) is 20.4 Å². The van der Waals surface area contributed by atoms with Gasteiger partial charge in [0.2, 0.25) is 0 Å². The Balaban J connectivity index is 0. The quantitative estimate of drug-likeness (QED) is 0.458. The van der Waals surface area contributed by atoms with Crippen LogP contribution in [0.15, 0.2) is 18.2 Å². The number of hydrogen-bond donors (Lipinski definition) is 0. The molecular weight excluding hydrogens is 238 g/mol. The van der Waals surface area contributed by atoms with Gasteiger partial charge in [-0.1, -0.05) is 19.3 Å². The zero-order chi connectivity index (χ0) is 5.66. The Morgan fingerprint density at radius 2 is 2.00 bits per heavy atom.